The van der Waals surface area contributed by atoms with Crippen LogP contribution in [0.4, 0.5) is 0 Å². The molecule has 0 N–H and O–H groups in total. The van der Waals surface area contributed by atoms with Crippen LogP contribution in [0.3, 0.4) is 0 Å². The zero-order valence-corrected chi connectivity index (χ0v) is 26.7. The van der Waals surface area contributed by atoms with Crippen LogP contribution >= 0.6 is 0 Å². The molecule has 230 valence electrons. The molecule has 2 heteroatoms. The Kier molecular flexibility index (Phi) is 28.0. The highest BCUT2D eigenvalue weighted by molar-refractivity contribution is 5.72. The van der Waals surface area contributed by atoms with Gasteiger partial charge in [0.25, 0.3) is 0 Å². The fraction of sp³-hybridized carbons (Fsp3) is 0.919. The Bertz CT molecular complexity index is 526. The van der Waals surface area contributed by atoms with Crippen LogP contribution in [-0.4, -0.2) is 12.1 Å². The van der Waals surface area contributed by atoms with E-state index in [1.807, 2.05) is 6.08 Å². The Morgan fingerprint density at radius 3 is 1.05 bits per heavy atom. The Labute approximate surface area is 245 Å². The molecule has 0 fully saturated rings. The van der Waals surface area contributed by atoms with Crippen molar-refractivity contribution in [1.29, 1.82) is 0 Å². The van der Waals surface area contributed by atoms with Gasteiger partial charge in [0.1, 0.15) is 6.10 Å². The number of rotatable bonds is 31. The van der Waals surface area contributed by atoms with Gasteiger partial charge in [-0.2, -0.15) is 0 Å². The van der Waals surface area contributed by atoms with Crippen LogP contribution < -0.4 is 0 Å². The van der Waals surface area contributed by atoms with Crippen molar-refractivity contribution in [3.63, 3.8) is 0 Å². The second-order valence-electron chi connectivity index (χ2n) is 12.7. The number of hydrogen-bond donors (Lipinski definition) is 0. The second-order valence-corrected chi connectivity index (χ2v) is 12.7. The third kappa shape index (κ3) is 27.2. The van der Waals surface area contributed by atoms with Gasteiger partial charge in [0.15, 0.2) is 0 Å². The van der Waals surface area contributed by atoms with Crippen LogP contribution in [0.15, 0.2) is 12.2 Å². The lowest BCUT2D eigenvalue weighted by Gasteiger charge is -2.17. The Morgan fingerprint density at radius 1 is 0.487 bits per heavy atom. The van der Waals surface area contributed by atoms with Crippen LogP contribution in [0, 0.1) is 0 Å². The summed E-state index contributed by atoms with van der Waals surface area (Å²) < 4.78 is 5.33. The molecule has 2 nitrogen and oxygen atoms in total. The topological polar surface area (TPSA) is 26.3 Å². The molecule has 0 aromatic rings. The molecule has 39 heavy (non-hydrogen) atoms. The first-order valence-electron chi connectivity index (χ1n) is 18.2. The van der Waals surface area contributed by atoms with Crippen molar-refractivity contribution in [2.45, 2.75) is 218 Å². The fourth-order valence-electron chi connectivity index (χ4n) is 6.10. The van der Waals surface area contributed by atoms with Crippen molar-refractivity contribution in [2.24, 2.45) is 0 Å². The quantitative estimate of drug-likeness (QED) is 0.0491. The number of esters is 1. The number of carbonyl (C=O) groups excluding carboxylic acids is 1. The smallest absolute Gasteiger partial charge is 0.310 e. The molecular formula is C37H70O2. The lowest BCUT2D eigenvalue weighted by Crippen LogP contribution is -2.19. The predicted octanol–water partition coefficient (Wildman–Crippen LogP) is 13.0. The summed E-state index contributed by atoms with van der Waals surface area (Å²) in [6, 6.07) is 0. The molecule has 1 atom stereocenters. The Hall–Kier alpha value is -0.790. The van der Waals surface area contributed by atoms with E-state index in [9.17, 15) is 4.79 Å². The van der Waals surface area contributed by atoms with Crippen LogP contribution in [-0.2, 0) is 9.53 Å². The summed E-state index contributed by atoms with van der Waals surface area (Å²) >= 11 is 0. The summed E-state index contributed by atoms with van der Waals surface area (Å²) in [6.45, 7) is 2.30. The number of unbranched alkanes of at least 4 members (excludes halogenated alkanes) is 29. The van der Waals surface area contributed by atoms with Crippen LogP contribution in [0.25, 0.3) is 0 Å². The first-order valence-corrected chi connectivity index (χ1v) is 18.2. The van der Waals surface area contributed by atoms with E-state index in [4.69, 9.17) is 4.74 Å². The van der Waals surface area contributed by atoms with Gasteiger partial charge in [-0.25, -0.2) is 0 Å². The summed E-state index contributed by atoms with van der Waals surface area (Å²) in [7, 11) is 0. The molecule has 1 aliphatic heterocycles. The number of hydrogen-bond acceptors (Lipinski definition) is 2. The molecule has 0 amide bonds. The normalized spacial score (nSPS) is 15.2. The first kappa shape index (κ1) is 36.2. The zero-order chi connectivity index (χ0) is 27.9. The fourth-order valence-corrected chi connectivity index (χ4v) is 6.10. The van der Waals surface area contributed by atoms with Crippen molar-refractivity contribution in [3.05, 3.63) is 12.2 Å². The van der Waals surface area contributed by atoms with E-state index in [1.165, 1.54) is 193 Å². The average molecular weight is 547 g/mol. The SMILES string of the molecule is CCCCCCCCCCCCCCCCCCCCCCCCCCCCCCCCC1C=CCC(=O)O1. The molecule has 0 aliphatic carbocycles. The minimum absolute atomic E-state index is 0.0463. The van der Waals surface area contributed by atoms with Crippen molar-refractivity contribution >= 4 is 5.97 Å². The molecule has 1 heterocycles. The third-order valence-electron chi connectivity index (χ3n) is 8.76. The Balaban J connectivity index is 1.63. The maximum Gasteiger partial charge on any atom is 0.310 e. The molecule has 1 rings (SSSR count). The van der Waals surface area contributed by atoms with Crippen molar-refractivity contribution < 1.29 is 9.53 Å². The predicted molar refractivity (Wildman–Crippen MR) is 172 cm³/mol. The van der Waals surface area contributed by atoms with Gasteiger partial charge in [-0.05, 0) is 18.9 Å². The largest absolute Gasteiger partial charge is 0.458 e. The third-order valence-corrected chi connectivity index (χ3v) is 8.76. The standard InChI is InChI=1S/C37H70O2/c1-2-3-4-5-6-7-8-9-10-11-12-13-14-15-16-17-18-19-20-21-22-23-24-25-26-27-28-29-30-31-33-36-34-32-35-37(38)39-36/h32,34,36H,2-31,33,35H2,1H3. The van der Waals surface area contributed by atoms with E-state index in [-0.39, 0.29) is 12.1 Å². The summed E-state index contributed by atoms with van der Waals surface area (Å²) in [4.78, 5) is 11.3. The first-order chi connectivity index (χ1) is 19.3. The highest BCUT2D eigenvalue weighted by atomic mass is 16.5. The van der Waals surface area contributed by atoms with Crippen LogP contribution in [0.5, 0.6) is 0 Å². The molecule has 0 radical (unpaired) electrons. The van der Waals surface area contributed by atoms with Crippen molar-refractivity contribution in [1.82, 2.24) is 0 Å². The molecule has 0 saturated heterocycles. The Morgan fingerprint density at radius 2 is 0.769 bits per heavy atom. The molecular weight excluding hydrogens is 476 g/mol. The average Bonchev–Trinajstić information content (AvgIpc) is 2.94. The minimum Gasteiger partial charge on any atom is -0.458 e. The number of carbonyl (C=O) groups is 1. The summed E-state index contributed by atoms with van der Waals surface area (Å²) in [5.41, 5.74) is 0. The zero-order valence-electron chi connectivity index (χ0n) is 26.7. The van der Waals surface area contributed by atoms with Gasteiger partial charge in [-0.3, -0.25) is 4.79 Å². The second kappa shape index (κ2) is 30.2. The van der Waals surface area contributed by atoms with Crippen molar-refractivity contribution in [2.75, 3.05) is 0 Å². The lowest BCUT2D eigenvalue weighted by molar-refractivity contribution is -0.147. The van der Waals surface area contributed by atoms with Crippen LogP contribution in [0.2, 0.25) is 0 Å². The van der Waals surface area contributed by atoms with E-state index < -0.39 is 0 Å². The van der Waals surface area contributed by atoms with Gasteiger partial charge in [0.2, 0.25) is 0 Å². The molecule has 0 aromatic carbocycles. The van der Waals surface area contributed by atoms with Crippen molar-refractivity contribution in [3.8, 4) is 0 Å². The number of cyclic esters (lactones) is 1. The monoisotopic (exact) mass is 547 g/mol. The van der Waals surface area contributed by atoms with E-state index in [0.29, 0.717) is 6.42 Å². The van der Waals surface area contributed by atoms with Crippen LogP contribution in [0.1, 0.15) is 212 Å². The number of ether oxygens (including phenoxy) is 1. The summed E-state index contributed by atoms with van der Waals surface area (Å²) in [5, 5.41) is 0. The summed E-state index contributed by atoms with van der Waals surface area (Å²) in [5.74, 6) is -0.0620. The van der Waals surface area contributed by atoms with Gasteiger partial charge in [0, 0.05) is 0 Å². The van der Waals surface area contributed by atoms with E-state index in [1.54, 1.807) is 0 Å². The highest BCUT2D eigenvalue weighted by Gasteiger charge is 2.14. The molecule has 0 saturated carbocycles. The van der Waals surface area contributed by atoms with E-state index in [0.717, 1.165) is 6.42 Å². The van der Waals surface area contributed by atoms with Gasteiger partial charge in [-0.1, -0.05) is 199 Å². The molecule has 1 unspecified atom stereocenters. The van der Waals surface area contributed by atoms with Gasteiger partial charge in [-0.15, -0.1) is 0 Å². The molecule has 1 aliphatic rings. The maximum atomic E-state index is 11.3. The van der Waals surface area contributed by atoms with Gasteiger partial charge < -0.3 is 4.74 Å². The molecule has 0 bridgehead atoms. The van der Waals surface area contributed by atoms with Gasteiger partial charge >= 0.3 is 5.97 Å². The maximum absolute atomic E-state index is 11.3. The highest BCUT2D eigenvalue weighted by Crippen LogP contribution is 2.18. The summed E-state index contributed by atoms with van der Waals surface area (Å²) in [6.07, 6.45) is 48.7. The van der Waals surface area contributed by atoms with E-state index >= 15 is 0 Å². The molecule has 0 aromatic heterocycles. The van der Waals surface area contributed by atoms with Gasteiger partial charge in [0.05, 0.1) is 6.42 Å². The molecule has 0 spiro atoms. The minimum atomic E-state index is -0.0620. The van der Waals surface area contributed by atoms with E-state index in [2.05, 4.69) is 13.0 Å². The lowest BCUT2D eigenvalue weighted by atomic mass is 10.0.